The van der Waals surface area contributed by atoms with Gasteiger partial charge in [-0.15, -0.1) is 0 Å². The first-order valence-corrected chi connectivity index (χ1v) is 13.1. The molecule has 0 spiro atoms. The van der Waals surface area contributed by atoms with Crippen LogP contribution in [0.1, 0.15) is 34.2 Å². The fraction of sp³-hybridized carbons (Fsp3) is 0.267. The zero-order valence-corrected chi connectivity index (χ0v) is 21.7. The number of rotatable bonds is 7. The van der Waals surface area contributed by atoms with E-state index in [1.54, 1.807) is 19.2 Å². The minimum absolute atomic E-state index is 0.0285. The Morgan fingerprint density at radius 1 is 1.21 bits per heavy atom. The van der Waals surface area contributed by atoms with E-state index in [1.807, 2.05) is 36.4 Å². The number of methoxy groups -OCH3 is 1. The van der Waals surface area contributed by atoms with E-state index in [0.717, 1.165) is 35.3 Å². The van der Waals surface area contributed by atoms with Crippen LogP contribution < -0.4 is 25.9 Å². The van der Waals surface area contributed by atoms with Gasteiger partial charge in [0.25, 0.3) is 0 Å². The van der Waals surface area contributed by atoms with Gasteiger partial charge in [0.1, 0.15) is 23.5 Å². The molecule has 3 aliphatic heterocycles. The van der Waals surface area contributed by atoms with Crippen LogP contribution in [0.3, 0.4) is 0 Å². The van der Waals surface area contributed by atoms with Crippen LogP contribution in [0.2, 0.25) is 0 Å². The second-order valence-corrected chi connectivity index (χ2v) is 9.93. The van der Waals surface area contributed by atoms with Crippen molar-refractivity contribution in [3.8, 4) is 11.5 Å². The summed E-state index contributed by atoms with van der Waals surface area (Å²) in [6, 6.07) is 16.4. The van der Waals surface area contributed by atoms with Crippen LogP contribution in [0.5, 0.6) is 11.5 Å². The molecule has 6 rings (SSSR count). The van der Waals surface area contributed by atoms with Gasteiger partial charge in [0.15, 0.2) is 5.84 Å². The summed E-state index contributed by atoms with van der Waals surface area (Å²) in [6.45, 7) is 1.77. The van der Waals surface area contributed by atoms with Crippen LogP contribution in [0.15, 0.2) is 71.9 Å². The van der Waals surface area contributed by atoms with Crippen molar-refractivity contribution in [2.24, 2.45) is 5.10 Å². The van der Waals surface area contributed by atoms with Crippen molar-refractivity contribution < 1.29 is 13.9 Å². The molecule has 0 amide bonds. The fourth-order valence-electron chi connectivity index (χ4n) is 5.44. The lowest BCUT2D eigenvalue weighted by atomic mass is 9.96. The SMILES string of the molecule is COc1cccc(F)c1CN1CC=CCC1C1NN=C(c2ccc(N)c(C(=N)c3ccc4c(c3)CCO4)c2)N1. The molecule has 8 nitrogen and oxygen atoms in total. The molecule has 3 aromatic carbocycles. The minimum atomic E-state index is -0.278. The lowest BCUT2D eigenvalue weighted by molar-refractivity contribution is 0.153. The highest BCUT2D eigenvalue weighted by Crippen LogP contribution is 2.29. The summed E-state index contributed by atoms with van der Waals surface area (Å²) in [6.07, 6.45) is 5.69. The van der Waals surface area contributed by atoms with Crippen molar-refractivity contribution >= 4 is 17.2 Å². The molecule has 3 aromatic rings. The molecule has 200 valence electrons. The number of nitrogens with one attached hydrogen (secondary N) is 3. The molecule has 0 fully saturated rings. The summed E-state index contributed by atoms with van der Waals surface area (Å²) in [5, 5.41) is 17.0. The number of benzene rings is 3. The summed E-state index contributed by atoms with van der Waals surface area (Å²) in [5.41, 5.74) is 14.4. The van der Waals surface area contributed by atoms with E-state index in [2.05, 4.69) is 32.9 Å². The van der Waals surface area contributed by atoms with Gasteiger partial charge in [0, 0.05) is 47.5 Å². The monoisotopic (exact) mass is 526 g/mol. The number of nitrogens with zero attached hydrogens (tertiary/aromatic N) is 2. The highest BCUT2D eigenvalue weighted by Gasteiger charge is 2.33. The Bertz CT molecular complexity index is 1490. The first-order valence-electron chi connectivity index (χ1n) is 13.1. The van der Waals surface area contributed by atoms with Crippen molar-refractivity contribution in [2.75, 3.05) is 26.0 Å². The number of anilines is 1. The second kappa shape index (κ2) is 10.4. The van der Waals surface area contributed by atoms with Crippen molar-refractivity contribution in [1.82, 2.24) is 15.6 Å². The third-order valence-corrected chi connectivity index (χ3v) is 7.58. The number of hydrogen-bond acceptors (Lipinski definition) is 8. The number of hydrazone groups is 1. The van der Waals surface area contributed by atoms with Crippen LogP contribution in [0, 0.1) is 11.2 Å². The van der Waals surface area contributed by atoms with Crippen LogP contribution in [-0.2, 0) is 13.0 Å². The van der Waals surface area contributed by atoms with Crippen molar-refractivity contribution in [3.63, 3.8) is 0 Å². The normalized spacial score (nSPS) is 20.0. The zero-order chi connectivity index (χ0) is 26.9. The molecule has 0 bridgehead atoms. The number of nitrogens with two attached hydrogens (primary N) is 1. The Labute approximate surface area is 226 Å². The third kappa shape index (κ3) is 4.81. The van der Waals surface area contributed by atoms with Gasteiger partial charge in [-0.1, -0.05) is 18.2 Å². The first kappa shape index (κ1) is 24.9. The number of fused-ring (bicyclic) bond motifs is 1. The molecule has 0 radical (unpaired) electrons. The third-order valence-electron chi connectivity index (χ3n) is 7.58. The molecule has 5 N–H and O–H groups in total. The largest absolute Gasteiger partial charge is 0.496 e. The number of amidine groups is 1. The Morgan fingerprint density at radius 3 is 2.97 bits per heavy atom. The highest BCUT2D eigenvalue weighted by molar-refractivity contribution is 6.15. The molecule has 0 aromatic heterocycles. The van der Waals surface area contributed by atoms with E-state index in [9.17, 15) is 4.39 Å². The summed E-state index contributed by atoms with van der Waals surface area (Å²) < 4.78 is 25.7. The van der Waals surface area contributed by atoms with E-state index in [1.165, 1.54) is 6.07 Å². The Balaban J connectivity index is 1.20. The maximum absolute atomic E-state index is 14.7. The highest BCUT2D eigenvalue weighted by atomic mass is 19.1. The minimum Gasteiger partial charge on any atom is -0.496 e. The topological polar surface area (TPSA) is 108 Å². The smallest absolute Gasteiger partial charge is 0.154 e. The summed E-state index contributed by atoms with van der Waals surface area (Å²) in [7, 11) is 1.56. The maximum Gasteiger partial charge on any atom is 0.154 e. The number of ether oxygens (including phenoxy) is 2. The van der Waals surface area contributed by atoms with Crippen LogP contribution in [0.25, 0.3) is 0 Å². The Morgan fingerprint density at radius 2 is 2.10 bits per heavy atom. The quantitative estimate of drug-likeness (QED) is 0.212. The van der Waals surface area contributed by atoms with Crippen LogP contribution >= 0.6 is 0 Å². The molecule has 0 saturated carbocycles. The Kier molecular flexibility index (Phi) is 6.66. The average Bonchev–Trinajstić information content (AvgIpc) is 3.64. The molecule has 9 heteroatoms. The van der Waals surface area contributed by atoms with Gasteiger partial charge in [-0.3, -0.25) is 15.7 Å². The first-order chi connectivity index (χ1) is 19.0. The molecule has 2 atom stereocenters. The zero-order valence-electron chi connectivity index (χ0n) is 21.7. The number of nitrogen functional groups attached to an aromatic ring is 1. The molecule has 0 saturated heterocycles. The van der Waals surface area contributed by atoms with Crippen LogP contribution in [-0.4, -0.2) is 48.9 Å². The van der Waals surface area contributed by atoms with Gasteiger partial charge in [0.05, 0.1) is 25.5 Å². The van der Waals surface area contributed by atoms with Gasteiger partial charge < -0.3 is 20.5 Å². The summed E-state index contributed by atoms with van der Waals surface area (Å²) in [5.74, 6) is 1.82. The maximum atomic E-state index is 14.7. The lowest BCUT2D eigenvalue weighted by Gasteiger charge is -2.36. The number of halogens is 1. The second-order valence-electron chi connectivity index (χ2n) is 9.93. The van der Waals surface area contributed by atoms with E-state index >= 15 is 0 Å². The standard InChI is InChI=1S/C30H31FN6O2/c1-38-27-7-4-5-23(31)22(27)17-37-13-3-2-6-25(37)30-34-29(35-36-30)20-8-10-24(32)21(16-20)28(33)19-9-11-26-18(15-19)12-14-39-26/h2-5,7-11,15-16,25,30,33,36H,6,12-14,17,32H2,1H3,(H,34,35). The average molecular weight is 527 g/mol. The summed E-state index contributed by atoms with van der Waals surface area (Å²) >= 11 is 0. The molecule has 3 heterocycles. The van der Waals surface area contributed by atoms with Gasteiger partial charge >= 0.3 is 0 Å². The van der Waals surface area contributed by atoms with Crippen LogP contribution in [0.4, 0.5) is 10.1 Å². The van der Waals surface area contributed by atoms with Crippen molar-refractivity contribution in [2.45, 2.75) is 31.6 Å². The fourth-order valence-corrected chi connectivity index (χ4v) is 5.44. The Hall–Kier alpha value is -4.37. The van der Waals surface area contributed by atoms with Gasteiger partial charge in [-0.05, 0) is 60.5 Å². The van der Waals surface area contributed by atoms with E-state index in [-0.39, 0.29) is 18.0 Å². The van der Waals surface area contributed by atoms with E-state index in [4.69, 9.17) is 20.6 Å². The van der Waals surface area contributed by atoms with E-state index in [0.29, 0.717) is 53.8 Å². The lowest BCUT2D eigenvalue weighted by Crippen LogP contribution is -2.54. The molecule has 39 heavy (non-hydrogen) atoms. The van der Waals surface area contributed by atoms with Gasteiger partial charge in [0.2, 0.25) is 0 Å². The molecular formula is C30H31FN6O2. The van der Waals surface area contributed by atoms with Gasteiger partial charge in [-0.25, -0.2) is 4.39 Å². The predicted molar refractivity (Wildman–Crippen MR) is 150 cm³/mol. The van der Waals surface area contributed by atoms with Crippen molar-refractivity contribution in [3.05, 3.63) is 100 Å². The number of hydrogen-bond donors (Lipinski definition) is 4. The molecule has 3 aliphatic rings. The van der Waals surface area contributed by atoms with Gasteiger partial charge in [-0.2, -0.15) is 5.10 Å². The molecule has 0 aliphatic carbocycles. The summed E-state index contributed by atoms with van der Waals surface area (Å²) in [4.78, 5) is 2.21. The van der Waals surface area contributed by atoms with Crippen molar-refractivity contribution in [1.29, 1.82) is 5.41 Å². The predicted octanol–water partition coefficient (Wildman–Crippen LogP) is 3.78. The molecular weight excluding hydrogens is 495 g/mol. The van der Waals surface area contributed by atoms with E-state index < -0.39 is 0 Å². The molecule has 2 unspecified atom stereocenters.